The highest BCUT2D eigenvalue weighted by atomic mass is 35.5. The van der Waals surface area contributed by atoms with Gasteiger partial charge in [0.15, 0.2) is 11.5 Å². The van der Waals surface area contributed by atoms with Crippen molar-refractivity contribution in [1.82, 2.24) is 0 Å². The Hall–Kier alpha value is -2.67. The predicted octanol–water partition coefficient (Wildman–Crippen LogP) is 3.56. The number of hydrogen-bond acceptors (Lipinski definition) is 5. The Balaban J connectivity index is 2.04. The lowest BCUT2D eigenvalue weighted by Crippen LogP contribution is -2.21. The van der Waals surface area contributed by atoms with Crippen LogP contribution in [0.25, 0.3) is 0 Å². The molecule has 0 radical (unpaired) electrons. The molecule has 0 aliphatic heterocycles. The molecule has 134 valence electrons. The van der Waals surface area contributed by atoms with Crippen molar-refractivity contribution < 1.29 is 23.4 Å². The smallest absolute Gasteiger partial charge is 0.243 e. The zero-order valence-electron chi connectivity index (χ0n) is 14.0. The van der Waals surface area contributed by atoms with Crippen molar-refractivity contribution in [3.05, 3.63) is 41.2 Å². The molecule has 2 N–H and O–H groups in total. The molecule has 2 aromatic rings. The van der Waals surface area contributed by atoms with Gasteiger partial charge in [0, 0.05) is 23.5 Å². The molecule has 0 heterocycles. The lowest BCUT2D eigenvalue weighted by Gasteiger charge is -2.15. The topological polar surface area (TPSA) is 68.8 Å². The fourth-order valence-electron chi connectivity index (χ4n) is 2.14. The van der Waals surface area contributed by atoms with Gasteiger partial charge in [-0.15, -0.1) is 0 Å². The molecule has 6 nitrogen and oxygen atoms in total. The molecule has 0 unspecified atom stereocenters. The zero-order valence-corrected chi connectivity index (χ0v) is 14.7. The summed E-state index contributed by atoms with van der Waals surface area (Å²) in [5.41, 5.74) is 1.02. The van der Waals surface area contributed by atoms with E-state index in [4.69, 9.17) is 25.8 Å². The Kier molecular flexibility index (Phi) is 6.30. The van der Waals surface area contributed by atoms with Gasteiger partial charge in [-0.1, -0.05) is 11.6 Å². The van der Waals surface area contributed by atoms with Crippen LogP contribution in [0.3, 0.4) is 0 Å². The van der Waals surface area contributed by atoms with E-state index in [2.05, 4.69) is 10.6 Å². The lowest BCUT2D eigenvalue weighted by atomic mass is 10.2. The van der Waals surface area contributed by atoms with Crippen LogP contribution in [0.5, 0.6) is 17.2 Å². The Morgan fingerprint density at radius 1 is 1.04 bits per heavy atom. The van der Waals surface area contributed by atoms with Crippen molar-refractivity contribution in [2.24, 2.45) is 0 Å². The summed E-state index contributed by atoms with van der Waals surface area (Å²) in [5.74, 6) is 0.526. The van der Waals surface area contributed by atoms with Crippen molar-refractivity contribution in [3.8, 4) is 17.2 Å². The normalized spacial score (nSPS) is 10.1. The minimum absolute atomic E-state index is 0.0202. The largest absolute Gasteiger partial charge is 0.493 e. The van der Waals surface area contributed by atoms with Crippen LogP contribution in [-0.2, 0) is 4.79 Å². The number of benzene rings is 2. The molecule has 0 spiro atoms. The van der Waals surface area contributed by atoms with Gasteiger partial charge in [-0.05, 0) is 18.2 Å². The molecule has 25 heavy (non-hydrogen) atoms. The highest BCUT2D eigenvalue weighted by molar-refractivity contribution is 6.31. The minimum Gasteiger partial charge on any atom is -0.493 e. The number of methoxy groups -OCH3 is 3. The fourth-order valence-corrected chi connectivity index (χ4v) is 2.33. The molecule has 1 amide bonds. The molecule has 0 saturated carbocycles. The molecule has 8 heteroatoms. The average Bonchev–Trinajstić information content (AvgIpc) is 2.62. The summed E-state index contributed by atoms with van der Waals surface area (Å²) in [7, 11) is 4.52. The number of ether oxygens (including phenoxy) is 3. The third-order valence-corrected chi connectivity index (χ3v) is 3.61. The molecule has 0 aliphatic carbocycles. The maximum Gasteiger partial charge on any atom is 0.243 e. The van der Waals surface area contributed by atoms with Crippen LogP contribution < -0.4 is 24.8 Å². The highest BCUT2D eigenvalue weighted by Crippen LogP contribution is 2.39. The van der Waals surface area contributed by atoms with E-state index in [1.165, 1.54) is 39.5 Å². The molecule has 0 saturated heterocycles. The van der Waals surface area contributed by atoms with Crippen molar-refractivity contribution in [3.63, 3.8) is 0 Å². The van der Waals surface area contributed by atoms with Crippen molar-refractivity contribution in [1.29, 1.82) is 0 Å². The molecule has 2 aromatic carbocycles. The van der Waals surface area contributed by atoms with E-state index < -0.39 is 5.82 Å². The van der Waals surface area contributed by atoms with Gasteiger partial charge in [0.05, 0.1) is 32.9 Å². The van der Waals surface area contributed by atoms with Crippen LogP contribution in [0.4, 0.5) is 15.8 Å². The van der Waals surface area contributed by atoms with E-state index in [9.17, 15) is 9.18 Å². The molecule has 0 fully saturated rings. The standard InChI is InChI=1S/C17H18ClFN2O4/c1-23-14-7-11(8-15(24-2)17(14)25-3)20-9-16(22)21-10-4-5-13(19)12(18)6-10/h4-8,20H,9H2,1-3H3,(H,21,22). The Morgan fingerprint density at radius 3 is 2.20 bits per heavy atom. The number of carbonyl (C=O) groups excluding carboxylic acids is 1. The highest BCUT2D eigenvalue weighted by Gasteiger charge is 2.13. The number of rotatable bonds is 7. The monoisotopic (exact) mass is 368 g/mol. The van der Waals surface area contributed by atoms with Crippen molar-refractivity contribution >= 4 is 28.9 Å². The molecule has 0 aromatic heterocycles. The molecular formula is C17H18ClFN2O4. The van der Waals surface area contributed by atoms with E-state index >= 15 is 0 Å². The predicted molar refractivity (Wildman–Crippen MR) is 94.6 cm³/mol. The maximum absolute atomic E-state index is 13.1. The molecular weight excluding hydrogens is 351 g/mol. The number of amides is 1. The summed E-state index contributed by atoms with van der Waals surface area (Å²) in [6.45, 7) is -0.0202. The van der Waals surface area contributed by atoms with Gasteiger partial charge in [-0.2, -0.15) is 0 Å². The fraction of sp³-hybridized carbons (Fsp3) is 0.235. The molecule has 0 atom stereocenters. The van der Waals surface area contributed by atoms with Crippen LogP contribution in [0.2, 0.25) is 5.02 Å². The second-order valence-corrected chi connectivity index (χ2v) is 5.35. The van der Waals surface area contributed by atoms with Gasteiger partial charge in [-0.25, -0.2) is 4.39 Å². The molecule has 0 bridgehead atoms. The van der Waals surface area contributed by atoms with E-state index in [1.807, 2.05) is 0 Å². The van der Waals surface area contributed by atoms with Crippen LogP contribution in [-0.4, -0.2) is 33.8 Å². The first-order chi connectivity index (χ1) is 12.0. The van der Waals surface area contributed by atoms with Gasteiger partial charge in [0.25, 0.3) is 0 Å². The average molecular weight is 369 g/mol. The second kappa shape index (κ2) is 8.43. The SMILES string of the molecule is COc1cc(NCC(=O)Nc2ccc(F)c(Cl)c2)cc(OC)c1OC. The van der Waals surface area contributed by atoms with Crippen LogP contribution in [0.1, 0.15) is 0 Å². The van der Waals surface area contributed by atoms with Gasteiger partial charge < -0.3 is 24.8 Å². The van der Waals surface area contributed by atoms with Gasteiger partial charge in [0.2, 0.25) is 11.7 Å². The van der Waals surface area contributed by atoms with E-state index in [0.717, 1.165) is 0 Å². The third kappa shape index (κ3) is 4.67. The Bertz CT molecular complexity index is 745. The van der Waals surface area contributed by atoms with Crippen LogP contribution in [0, 0.1) is 5.82 Å². The number of halogens is 2. The summed E-state index contributed by atoms with van der Waals surface area (Å²) in [4.78, 5) is 12.0. The summed E-state index contributed by atoms with van der Waals surface area (Å²) < 4.78 is 28.9. The van der Waals surface area contributed by atoms with Gasteiger partial charge >= 0.3 is 0 Å². The Labute approximate surface area is 149 Å². The lowest BCUT2D eigenvalue weighted by molar-refractivity contribution is -0.114. The summed E-state index contributed by atoms with van der Waals surface area (Å²) in [6, 6.07) is 7.32. The third-order valence-electron chi connectivity index (χ3n) is 3.32. The molecule has 0 aliphatic rings. The Morgan fingerprint density at radius 2 is 1.68 bits per heavy atom. The summed E-state index contributed by atoms with van der Waals surface area (Å²) >= 11 is 5.68. The van der Waals surface area contributed by atoms with E-state index in [0.29, 0.717) is 28.6 Å². The van der Waals surface area contributed by atoms with E-state index in [1.54, 1.807) is 12.1 Å². The molecule has 2 rings (SSSR count). The number of anilines is 2. The van der Waals surface area contributed by atoms with Gasteiger partial charge in [0.1, 0.15) is 5.82 Å². The first-order valence-electron chi connectivity index (χ1n) is 7.27. The summed E-state index contributed by atoms with van der Waals surface area (Å²) in [5, 5.41) is 5.52. The minimum atomic E-state index is -0.546. The van der Waals surface area contributed by atoms with Crippen molar-refractivity contribution in [2.75, 3.05) is 38.5 Å². The van der Waals surface area contributed by atoms with Crippen LogP contribution in [0.15, 0.2) is 30.3 Å². The quantitative estimate of drug-likeness (QED) is 0.782. The first kappa shape index (κ1) is 18.7. The zero-order chi connectivity index (χ0) is 18.4. The van der Waals surface area contributed by atoms with Gasteiger partial charge in [-0.3, -0.25) is 4.79 Å². The van der Waals surface area contributed by atoms with Crippen molar-refractivity contribution in [2.45, 2.75) is 0 Å². The number of nitrogens with one attached hydrogen (secondary N) is 2. The second-order valence-electron chi connectivity index (χ2n) is 4.94. The number of carbonyl (C=O) groups is 1. The maximum atomic E-state index is 13.1. The van der Waals surface area contributed by atoms with E-state index in [-0.39, 0.29) is 17.5 Å². The van der Waals surface area contributed by atoms with Crippen LogP contribution >= 0.6 is 11.6 Å². The first-order valence-corrected chi connectivity index (χ1v) is 7.65. The number of hydrogen-bond donors (Lipinski definition) is 2. The summed E-state index contributed by atoms with van der Waals surface area (Å²) in [6.07, 6.45) is 0.